The molecule has 1 aliphatic carbocycles. The number of nitrogens with zero attached hydrogens (tertiary/aromatic N) is 5. The lowest BCUT2D eigenvalue weighted by Crippen LogP contribution is -2.43. The molecule has 0 saturated heterocycles. The van der Waals surface area contributed by atoms with Gasteiger partial charge in [-0.2, -0.15) is 23.2 Å². The van der Waals surface area contributed by atoms with Crippen molar-refractivity contribution < 1.29 is 21.6 Å². The highest BCUT2D eigenvalue weighted by Crippen LogP contribution is 2.41. The number of nitriles is 1. The Bertz CT molecular complexity index is 1320. The van der Waals surface area contributed by atoms with E-state index in [0.717, 1.165) is 42.7 Å². The zero-order chi connectivity index (χ0) is 23.3. The third-order valence-corrected chi connectivity index (χ3v) is 7.00. The third kappa shape index (κ3) is 3.82. The van der Waals surface area contributed by atoms with Crippen molar-refractivity contribution in [1.29, 1.82) is 5.26 Å². The molecule has 0 unspecified atom stereocenters. The summed E-state index contributed by atoms with van der Waals surface area (Å²) < 4.78 is 66.4. The lowest BCUT2D eigenvalue weighted by atomic mass is 9.92. The van der Waals surface area contributed by atoms with Crippen LogP contribution in [0.15, 0.2) is 29.6 Å². The molecule has 0 aliphatic heterocycles. The van der Waals surface area contributed by atoms with E-state index in [1.165, 1.54) is 0 Å². The predicted molar refractivity (Wildman–Crippen MR) is 109 cm³/mol. The maximum Gasteiger partial charge on any atom is 0.404 e. The molecule has 1 atom stereocenters. The monoisotopic (exact) mass is 464 g/mol. The summed E-state index contributed by atoms with van der Waals surface area (Å²) in [6.45, 7) is 2.60. The molecule has 0 bridgehead atoms. The van der Waals surface area contributed by atoms with Crippen molar-refractivity contribution in [2.24, 2.45) is 0 Å². The number of pyridine rings is 1. The number of rotatable bonds is 5. The van der Waals surface area contributed by atoms with E-state index in [1.54, 1.807) is 10.9 Å². The van der Waals surface area contributed by atoms with Crippen LogP contribution >= 0.6 is 0 Å². The maximum absolute atomic E-state index is 12.8. The highest BCUT2D eigenvalue weighted by atomic mass is 32.2. The second kappa shape index (κ2) is 7.83. The number of hydrogen-bond donors (Lipinski definition) is 1. The van der Waals surface area contributed by atoms with Gasteiger partial charge in [0.1, 0.15) is 33.8 Å². The summed E-state index contributed by atoms with van der Waals surface area (Å²) in [5.41, 5.74) is 2.87. The second-order valence-corrected chi connectivity index (χ2v) is 9.51. The molecule has 0 amide bonds. The summed E-state index contributed by atoms with van der Waals surface area (Å²) in [5, 5.41) is 9.82. The molecule has 1 N–H and O–H groups in total. The van der Waals surface area contributed by atoms with Crippen LogP contribution in [0.25, 0.3) is 22.6 Å². The van der Waals surface area contributed by atoms with Gasteiger partial charge in [0.15, 0.2) is 5.82 Å². The minimum atomic E-state index is -4.73. The Kier molecular flexibility index (Phi) is 5.42. The van der Waals surface area contributed by atoms with E-state index in [9.17, 15) is 26.9 Å². The number of alkyl halides is 3. The summed E-state index contributed by atoms with van der Waals surface area (Å²) in [6, 6.07) is 1.93. The molecule has 1 aliphatic rings. The average molecular weight is 464 g/mol. The van der Waals surface area contributed by atoms with Gasteiger partial charge in [-0.1, -0.05) is 0 Å². The van der Waals surface area contributed by atoms with Crippen molar-refractivity contribution in [3.63, 3.8) is 0 Å². The highest BCUT2D eigenvalue weighted by Gasteiger charge is 2.39. The second-order valence-electron chi connectivity index (χ2n) is 7.80. The molecule has 3 aromatic rings. The van der Waals surface area contributed by atoms with Crippen LogP contribution in [0.3, 0.4) is 0 Å². The van der Waals surface area contributed by atoms with E-state index in [4.69, 9.17) is 0 Å². The fourth-order valence-corrected chi connectivity index (χ4v) is 4.70. The van der Waals surface area contributed by atoms with Gasteiger partial charge in [-0.05, 0) is 44.7 Å². The first kappa shape index (κ1) is 22.2. The summed E-state index contributed by atoms with van der Waals surface area (Å²) in [6.07, 6.45) is 1.65. The third-order valence-electron chi connectivity index (χ3n) is 5.50. The van der Waals surface area contributed by atoms with Gasteiger partial charge in [0.2, 0.25) is 10.0 Å². The number of sulfonamides is 1. The first-order valence-corrected chi connectivity index (χ1v) is 11.3. The van der Waals surface area contributed by atoms with Crippen molar-refractivity contribution in [2.75, 3.05) is 0 Å². The van der Waals surface area contributed by atoms with E-state index in [0.29, 0.717) is 18.1 Å². The molecule has 0 spiro atoms. The van der Waals surface area contributed by atoms with E-state index in [1.807, 2.05) is 17.6 Å². The van der Waals surface area contributed by atoms with Gasteiger partial charge >= 0.3 is 6.18 Å². The Morgan fingerprint density at radius 3 is 2.41 bits per heavy atom. The first-order valence-electron chi connectivity index (χ1n) is 9.85. The minimum absolute atomic E-state index is 0.104. The highest BCUT2D eigenvalue weighted by molar-refractivity contribution is 7.89. The van der Waals surface area contributed by atoms with E-state index in [-0.39, 0.29) is 17.4 Å². The fraction of sp³-hybridized carbons (Fsp3) is 0.400. The van der Waals surface area contributed by atoms with Gasteiger partial charge in [-0.25, -0.2) is 18.4 Å². The number of fused-ring (bicyclic) bond motifs is 1. The van der Waals surface area contributed by atoms with Crippen LogP contribution in [0.5, 0.6) is 0 Å². The van der Waals surface area contributed by atoms with Crippen molar-refractivity contribution in [3.8, 4) is 17.6 Å². The van der Waals surface area contributed by atoms with Crippen molar-refractivity contribution in [3.05, 3.63) is 35.8 Å². The van der Waals surface area contributed by atoms with Crippen LogP contribution in [-0.4, -0.2) is 40.2 Å². The zero-order valence-corrected chi connectivity index (χ0v) is 18.0. The number of aryl methyl sites for hydroxylation is 1. The van der Waals surface area contributed by atoms with Gasteiger partial charge in [-0.15, -0.1) is 0 Å². The summed E-state index contributed by atoms with van der Waals surface area (Å²) in [7, 11) is -4.49. The SMILES string of the molecule is Cc1cnc2c(C#N)c(-c3ncc(S(=O)(=O)N[C@@H](C)C(F)(F)F)cn3)n(C3CCC3)c2c1. The zero-order valence-electron chi connectivity index (χ0n) is 17.2. The molecule has 8 nitrogen and oxygen atoms in total. The smallest absolute Gasteiger partial charge is 0.332 e. The van der Waals surface area contributed by atoms with Crippen molar-refractivity contribution in [1.82, 2.24) is 24.2 Å². The van der Waals surface area contributed by atoms with E-state index < -0.39 is 27.1 Å². The topological polar surface area (TPSA) is 114 Å². The molecular formula is C20H19F3N6O2S. The maximum atomic E-state index is 12.8. The normalized spacial score (nSPS) is 16.0. The Morgan fingerprint density at radius 1 is 1.22 bits per heavy atom. The predicted octanol–water partition coefficient (Wildman–Crippen LogP) is 3.63. The van der Waals surface area contributed by atoms with Crippen LogP contribution in [0.1, 0.15) is 43.4 Å². The van der Waals surface area contributed by atoms with Crippen LogP contribution in [-0.2, 0) is 10.0 Å². The molecule has 0 aromatic carbocycles. The van der Waals surface area contributed by atoms with E-state index in [2.05, 4.69) is 21.0 Å². The van der Waals surface area contributed by atoms with Gasteiger partial charge in [0.25, 0.3) is 0 Å². The number of halogens is 3. The molecule has 1 fully saturated rings. The number of hydrogen-bond acceptors (Lipinski definition) is 6. The molecule has 0 radical (unpaired) electrons. The van der Waals surface area contributed by atoms with Gasteiger partial charge in [-0.3, -0.25) is 4.98 Å². The quantitative estimate of drug-likeness (QED) is 0.617. The van der Waals surface area contributed by atoms with Gasteiger partial charge in [0.05, 0.1) is 17.9 Å². The van der Waals surface area contributed by atoms with Crippen LogP contribution in [0, 0.1) is 18.3 Å². The minimum Gasteiger partial charge on any atom is -0.332 e. The summed E-state index contributed by atoms with van der Waals surface area (Å²) >= 11 is 0. The molecule has 3 aromatic heterocycles. The molecule has 32 heavy (non-hydrogen) atoms. The molecule has 3 heterocycles. The van der Waals surface area contributed by atoms with E-state index >= 15 is 0 Å². The Balaban J connectivity index is 1.80. The Labute approximate surface area is 182 Å². The van der Waals surface area contributed by atoms with Crippen LogP contribution in [0.4, 0.5) is 13.2 Å². The molecular weight excluding hydrogens is 445 g/mol. The molecule has 168 valence electrons. The van der Waals surface area contributed by atoms with Crippen LogP contribution in [0.2, 0.25) is 0 Å². The lowest BCUT2D eigenvalue weighted by molar-refractivity contribution is -0.147. The molecule has 4 rings (SSSR count). The van der Waals surface area contributed by atoms with Gasteiger partial charge in [0, 0.05) is 12.2 Å². The largest absolute Gasteiger partial charge is 0.404 e. The molecule has 12 heteroatoms. The lowest BCUT2D eigenvalue weighted by Gasteiger charge is -2.29. The fourth-order valence-electron chi connectivity index (χ4n) is 3.58. The van der Waals surface area contributed by atoms with Crippen molar-refractivity contribution >= 4 is 21.1 Å². The van der Waals surface area contributed by atoms with Gasteiger partial charge < -0.3 is 4.57 Å². The number of aromatic nitrogens is 4. The van der Waals surface area contributed by atoms with Crippen molar-refractivity contribution in [2.45, 2.75) is 56.3 Å². The number of nitrogens with one attached hydrogen (secondary N) is 1. The Morgan fingerprint density at radius 2 is 1.88 bits per heavy atom. The summed E-state index contributed by atoms with van der Waals surface area (Å²) in [5.74, 6) is 0.104. The summed E-state index contributed by atoms with van der Waals surface area (Å²) in [4.78, 5) is 12.1. The standard InChI is InChI=1S/C20H19F3N6O2S/c1-11-6-16-17(25-8-11)15(7-24)18(29(16)13-4-3-5-13)19-26-9-14(10-27-19)32(30,31)28-12(2)20(21,22)23/h6,8-10,12-13,28H,3-5H2,1-2H3/t12-/m0/s1. The molecule has 1 saturated carbocycles. The van der Waals surface area contributed by atoms with Crippen LogP contribution < -0.4 is 4.72 Å². The first-order chi connectivity index (χ1) is 15.0. The Hall–Kier alpha value is -3.04. The average Bonchev–Trinajstić information content (AvgIpc) is 2.99.